The largest absolute Gasteiger partial charge is 0.342 e. The first-order chi connectivity index (χ1) is 16.6. The molecule has 3 aromatic rings. The number of carbonyl (C=O) groups is 2. The number of allylic oxidation sites excluding steroid dienone is 1. The summed E-state index contributed by atoms with van der Waals surface area (Å²) in [6.07, 6.45) is 1.71. The molecule has 11 heteroatoms. The molecule has 0 aliphatic rings. The Labute approximate surface area is 232 Å². The van der Waals surface area contributed by atoms with E-state index in [0.717, 1.165) is 20.4 Å². The molecule has 0 aliphatic heterocycles. The number of aryl methyl sites for hydroxylation is 2. The van der Waals surface area contributed by atoms with Gasteiger partial charge in [0, 0.05) is 20.8 Å². The van der Waals surface area contributed by atoms with Crippen molar-refractivity contribution in [2.75, 3.05) is 11.1 Å². The summed E-state index contributed by atoms with van der Waals surface area (Å²) in [6.45, 7) is 9.96. The molecule has 1 heterocycles. The number of hydrogen-bond donors (Lipinski definition) is 2. The highest BCUT2D eigenvalue weighted by Crippen LogP contribution is 2.26. The minimum Gasteiger partial charge on any atom is -0.342 e. The van der Waals surface area contributed by atoms with Gasteiger partial charge >= 0.3 is 0 Å². The van der Waals surface area contributed by atoms with Crippen molar-refractivity contribution in [2.45, 2.75) is 38.5 Å². The number of nitrogens with zero attached hydrogens (tertiary/aromatic N) is 3. The molecule has 2 amide bonds. The molecule has 0 aliphatic carbocycles. The van der Waals surface area contributed by atoms with E-state index in [1.165, 1.54) is 17.8 Å². The summed E-state index contributed by atoms with van der Waals surface area (Å²) in [6, 6.07) is 8.26. The normalized spacial score (nSPS) is 11.7. The zero-order valence-corrected chi connectivity index (χ0v) is 23.8. The molecule has 0 fully saturated rings. The lowest BCUT2D eigenvalue weighted by molar-refractivity contribution is -0.113. The Kier molecular flexibility index (Phi) is 9.62. The van der Waals surface area contributed by atoms with Crippen molar-refractivity contribution in [1.29, 1.82) is 0 Å². The maximum Gasteiger partial charge on any atom is 0.253 e. The Morgan fingerprint density at radius 2 is 1.89 bits per heavy atom. The van der Waals surface area contributed by atoms with Gasteiger partial charge in [-0.05, 0) is 84.8 Å². The lowest BCUT2D eigenvalue weighted by Crippen LogP contribution is -2.29. The highest BCUT2D eigenvalue weighted by molar-refractivity contribution is 14.1. The monoisotopic (exact) mass is 643 g/mol. The van der Waals surface area contributed by atoms with Crippen molar-refractivity contribution >= 4 is 75.1 Å². The van der Waals surface area contributed by atoms with Crippen LogP contribution in [0.1, 0.15) is 40.3 Å². The van der Waals surface area contributed by atoms with Crippen LogP contribution >= 0.6 is 57.6 Å². The van der Waals surface area contributed by atoms with Gasteiger partial charge in [-0.15, -0.1) is 16.8 Å². The summed E-state index contributed by atoms with van der Waals surface area (Å²) in [5, 5.41) is 15.6. The molecule has 1 aromatic heterocycles. The summed E-state index contributed by atoms with van der Waals surface area (Å²) < 4.78 is 2.94. The SMILES string of the molecule is C=CCn1c(SCC(=O)Nc2c(C)cc(I)cc2C)nnc1[C@H](C)NC(=O)c1ccc(Cl)cc1Cl. The Balaban J connectivity index is 1.70. The van der Waals surface area contributed by atoms with Gasteiger partial charge in [0.15, 0.2) is 11.0 Å². The second-order valence-corrected chi connectivity index (χ2v) is 10.8. The molecule has 3 rings (SSSR count). The molecule has 0 spiro atoms. The third kappa shape index (κ3) is 6.99. The molecule has 0 unspecified atom stereocenters. The van der Waals surface area contributed by atoms with Gasteiger partial charge in [0.1, 0.15) is 0 Å². The third-order valence-electron chi connectivity index (χ3n) is 5.06. The fraction of sp³-hybridized carbons (Fsp3) is 0.250. The van der Waals surface area contributed by atoms with Crippen molar-refractivity contribution in [3.8, 4) is 0 Å². The smallest absolute Gasteiger partial charge is 0.253 e. The second-order valence-electron chi connectivity index (χ2n) is 7.81. The number of hydrogen-bond acceptors (Lipinski definition) is 5. The zero-order chi connectivity index (χ0) is 25.7. The Bertz CT molecular complexity index is 1260. The van der Waals surface area contributed by atoms with Crippen LogP contribution in [0.3, 0.4) is 0 Å². The molecule has 7 nitrogen and oxygen atoms in total. The number of amides is 2. The first kappa shape index (κ1) is 27.5. The van der Waals surface area contributed by atoms with Gasteiger partial charge < -0.3 is 15.2 Å². The molecular weight excluding hydrogens is 620 g/mol. The fourth-order valence-corrected chi connectivity index (χ4v) is 5.64. The van der Waals surface area contributed by atoms with Gasteiger partial charge in [-0.3, -0.25) is 9.59 Å². The maximum atomic E-state index is 12.7. The van der Waals surface area contributed by atoms with Crippen LogP contribution in [0.25, 0.3) is 0 Å². The standard InChI is InChI=1S/C24H24Cl2IN5O2S/c1-5-8-32-22(15(4)28-23(34)18-7-6-16(25)11-19(18)26)30-31-24(32)35-12-20(33)29-21-13(2)9-17(27)10-14(21)3/h5-7,9-11,15H,1,8,12H2,2-4H3,(H,28,34)(H,29,33)/t15-/m0/s1. The molecular formula is C24H24Cl2IN5O2S. The van der Waals surface area contributed by atoms with Crippen LogP contribution in [-0.4, -0.2) is 32.3 Å². The number of benzene rings is 2. The molecule has 0 bridgehead atoms. The summed E-state index contributed by atoms with van der Waals surface area (Å²) in [5.74, 6) is 0.192. The van der Waals surface area contributed by atoms with E-state index in [4.69, 9.17) is 23.2 Å². The highest BCUT2D eigenvalue weighted by atomic mass is 127. The highest BCUT2D eigenvalue weighted by Gasteiger charge is 2.21. The first-order valence-electron chi connectivity index (χ1n) is 10.6. The molecule has 2 N–H and O–H groups in total. The van der Waals surface area contributed by atoms with E-state index in [0.29, 0.717) is 28.1 Å². The number of thioether (sulfide) groups is 1. The zero-order valence-electron chi connectivity index (χ0n) is 19.4. The average molecular weight is 644 g/mol. The van der Waals surface area contributed by atoms with E-state index in [1.807, 2.05) is 30.5 Å². The number of aromatic nitrogens is 3. The number of anilines is 1. The minimum absolute atomic E-state index is 0.143. The molecule has 0 saturated heterocycles. The van der Waals surface area contributed by atoms with E-state index in [1.54, 1.807) is 25.1 Å². The van der Waals surface area contributed by atoms with Crippen molar-refractivity contribution in [3.63, 3.8) is 0 Å². The summed E-state index contributed by atoms with van der Waals surface area (Å²) >= 11 is 15.6. The Morgan fingerprint density at radius 1 is 1.20 bits per heavy atom. The van der Waals surface area contributed by atoms with Crippen molar-refractivity contribution in [1.82, 2.24) is 20.1 Å². The molecule has 1 atom stereocenters. The second kappa shape index (κ2) is 12.2. The predicted molar refractivity (Wildman–Crippen MR) is 151 cm³/mol. The minimum atomic E-state index is -0.470. The molecule has 35 heavy (non-hydrogen) atoms. The molecule has 184 valence electrons. The lowest BCUT2D eigenvalue weighted by atomic mass is 10.1. The van der Waals surface area contributed by atoms with Crippen LogP contribution in [-0.2, 0) is 11.3 Å². The van der Waals surface area contributed by atoms with E-state index in [9.17, 15) is 9.59 Å². The Hall–Kier alpha value is -2.08. The number of carbonyl (C=O) groups excluding carboxylic acids is 2. The topological polar surface area (TPSA) is 88.9 Å². The quantitative estimate of drug-likeness (QED) is 0.164. The maximum absolute atomic E-state index is 12.7. The lowest BCUT2D eigenvalue weighted by Gasteiger charge is -2.16. The molecule has 0 saturated carbocycles. The number of nitrogens with one attached hydrogen (secondary N) is 2. The summed E-state index contributed by atoms with van der Waals surface area (Å²) in [5.41, 5.74) is 3.15. The molecule has 2 aromatic carbocycles. The fourth-order valence-electron chi connectivity index (χ4n) is 3.45. The van der Waals surface area contributed by atoms with Crippen molar-refractivity contribution < 1.29 is 9.59 Å². The van der Waals surface area contributed by atoms with Crippen molar-refractivity contribution in [2.24, 2.45) is 0 Å². The summed E-state index contributed by atoms with van der Waals surface area (Å²) in [4.78, 5) is 25.4. The van der Waals surface area contributed by atoms with Crippen molar-refractivity contribution in [3.05, 3.63) is 79.1 Å². The third-order valence-corrected chi connectivity index (χ3v) is 7.20. The molecule has 0 radical (unpaired) electrons. The van der Waals surface area contributed by atoms with Gasteiger partial charge in [-0.2, -0.15) is 0 Å². The number of halogens is 3. The average Bonchev–Trinajstić information content (AvgIpc) is 3.17. The number of rotatable bonds is 9. The van der Waals surface area contributed by atoms with Gasteiger partial charge in [-0.1, -0.05) is 41.0 Å². The first-order valence-corrected chi connectivity index (χ1v) is 13.4. The van der Waals surface area contributed by atoms with Gasteiger partial charge in [0.05, 0.1) is 22.4 Å². The van der Waals surface area contributed by atoms with Crippen LogP contribution < -0.4 is 10.6 Å². The Morgan fingerprint density at radius 3 is 2.51 bits per heavy atom. The van der Waals surface area contributed by atoms with Crippen LogP contribution in [0.5, 0.6) is 0 Å². The van der Waals surface area contributed by atoms with E-state index in [2.05, 4.69) is 50.0 Å². The van der Waals surface area contributed by atoms with Crippen LogP contribution in [0.4, 0.5) is 5.69 Å². The summed E-state index contributed by atoms with van der Waals surface area (Å²) in [7, 11) is 0. The van der Waals surface area contributed by atoms with E-state index >= 15 is 0 Å². The van der Waals surface area contributed by atoms with Gasteiger partial charge in [0.25, 0.3) is 5.91 Å². The van der Waals surface area contributed by atoms with Gasteiger partial charge in [-0.25, -0.2) is 0 Å². The predicted octanol–water partition coefficient (Wildman–Crippen LogP) is 6.21. The van der Waals surface area contributed by atoms with Crippen LogP contribution in [0.2, 0.25) is 10.0 Å². The van der Waals surface area contributed by atoms with Crippen LogP contribution in [0, 0.1) is 17.4 Å². The van der Waals surface area contributed by atoms with E-state index in [-0.39, 0.29) is 22.6 Å². The van der Waals surface area contributed by atoms with E-state index < -0.39 is 6.04 Å². The van der Waals surface area contributed by atoms with Crippen LogP contribution in [0.15, 0.2) is 48.1 Å². The van der Waals surface area contributed by atoms with Gasteiger partial charge in [0.2, 0.25) is 5.91 Å².